The second-order valence-corrected chi connectivity index (χ2v) is 7.53. The van der Waals surface area contributed by atoms with Gasteiger partial charge in [-0.15, -0.1) is 0 Å². The van der Waals surface area contributed by atoms with Gasteiger partial charge in [0, 0.05) is 19.0 Å². The predicted molar refractivity (Wildman–Crippen MR) is 108 cm³/mol. The first-order chi connectivity index (χ1) is 13.3. The molecule has 0 radical (unpaired) electrons. The molecule has 1 aliphatic heterocycles. The number of halogens is 2. The van der Waals surface area contributed by atoms with Crippen molar-refractivity contribution >= 4 is 51.9 Å². The molecule has 2 amide bonds. The Bertz CT molecular complexity index is 975. The second-order valence-electron chi connectivity index (χ2n) is 5.85. The van der Waals surface area contributed by atoms with Gasteiger partial charge >= 0.3 is 0 Å². The van der Waals surface area contributed by atoms with E-state index >= 15 is 0 Å². The third-order valence-corrected chi connectivity index (χ3v) is 5.17. The van der Waals surface area contributed by atoms with Gasteiger partial charge in [-0.2, -0.15) is 0 Å². The number of phenols is 1. The average Bonchev–Trinajstić information content (AvgIpc) is 2.87. The molecule has 5 nitrogen and oxygen atoms in total. The number of anilines is 1. The molecule has 1 aliphatic rings. The first-order valence-corrected chi connectivity index (χ1v) is 9.35. The SMILES string of the molecule is O=C(CCN1C(=O)/C(=C\c2cc(F)cc(F)c2)SC1=S)Nc1ccccc1O. The summed E-state index contributed by atoms with van der Waals surface area (Å²) in [6.45, 7) is 0.0406. The van der Waals surface area contributed by atoms with Gasteiger partial charge in [-0.05, 0) is 35.9 Å². The number of rotatable bonds is 5. The minimum Gasteiger partial charge on any atom is -0.506 e. The van der Waals surface area contributed by atoms with Gasteiger partial charge in [0.25, 0.3) is 5.91 Å². The summed E-state index contributed by atoms with van der Waals surface area (Å²) in [4.78, 5) is 26.1. The van der Waals surface area contributed by atoms with E-state index in [-0.39, 0.29) is 39.2 Å². The van der Waals surface area contributed by atoms with Crippen molar-refractivity contribution in [3.63, 3.8) is 0 Å². The zero-order valence-corrected chi connectivity index (χ0v) is 15.9. The molecule has 1 fully saturated rings. The fraction of sp³-hybridized carbons (Fsp3) is 0.105. The number of phenolic OH excluding ortho intramolecular Hbond substituents is 1. The Labute approximate surface area is 169 Å². The lowest BCUT2D eigenvalue weighted by Gasteiger charge is -2.14. The fourth-order valence-electron chi connectivity index (χ4n) is 2.51. The smallest absolute Gasteiger partial charge is 0.266 e. The van der Waals surface area contributed by atoms with Crippen molar-refractivity contribution < 1.29 is 23.5 Å². The van der Waals surface area contributed by atoms with Crippen molar-refractivity contribution in [3.05, 3.63) is 64.6 Å². The number of amides is 2. The van der Waals surface area contributed by atoms with Gasteiger partial charge in [-0.25, -0.2) is 8.78 Å². The molecule has 0 aromatic heterocycles. The first kappa shape index (κ1) is 20.0. The molecule has 2 aromatic rings. The Balaban J connectivity index is 1.64. The molecule has 28 heavy (non-hydrogen) atoms. The maximum atomic E-state index is 13.3. The van der Waals surface area contributed by atoms with Crippen LogP contribution in [0, 0.1) is 11.6 Å². The highest BCUT2D eigenvalue weighted by Crippen LogP contribution is 2.33. The number of thioether (sulfide) groups is 1. The Morgan fingerprint density at radius 2 is 1.89 bits per heavy atom. The van der Waals surface area contributed by atoms with Crippen LogP contribution in [-0.4, -0.2) is 32.7 Å². The van der Waals surface area contributed by atoms with Crippen LogP contribution in [0.4, 0.5) is 14.5 Å². The van der Waals surface area contributed by atoms with E-state index in [9.17, 15) is 23.5 Å². The lowest BCUT2D eigenvalue weighted by atomic mass is 10.2. The number of hydrogen-bond acceptors (Lipinski definition) is 5. The van der Waals surface area contributed by atoms with Gasteiger partial charge in [0.1, 0.15) is 21.7 Å². The summed E-state index contributed by atoms with van der Waals surface area (Å²) in [5, 5.41) is 12.2. The van der Waals surface area contributed by atoms with Crippen LogP contribution >= 0.6 is 24.0 Å². The number of carbonyl (C=O) groups is 2. The van der Waals surface area contributed by atoms with Crippen LogP contribution in [0.2, 0.25) is 0 Å². The van der Waals surface area contributed by atoms with Crippen LogP contribution in [0.5, 0.6) is 5.75 Å². The highest BCUT2D eigenvalue weighted by atomic mass is 32.2. The molecule has 0 saturated carbocycles. The van der Waals surface area contributed by atoms with Crippen LogP contribution in [0.3, 0.4) is 0 Å². The molecular formula is C19H14F2N2O3S2. The van der Waals surface area contributed by atoms with Crippen molar-refractivity contribution in [1.29, 1.82) is 0 Å². The number of carbonyl (C=O) groups excluding carboxylic acids is 2. The van der Waals surface area contributed by atoms with E-state index in [1.54, 1.807) is 18.2 Å². The molecule has 0 atom stereocenters. The molecule has 1 heterocycles. The number of hydrogen-bond donors (Lipinski definition) is 2. The molecule has 0 bridgehead atoms. The molecule has 0 unspecified atom stereocenters. The quantitative estimate of drug-likeness (QED) is 0.436. The molecule has 2 N–H and O–H groups in total. The summed E-state index contributed by atoms with van der Waals surface area (Å²) in [6.07, 6.45) is 1.32. The highest BCUT2D eigenvalue weighted by molar-refractivity contribution is 8.26. The molecule has 144 valence electrons. The maximum absolute atomic E-state index is 13.3. The van der Waals surface area contributed by atoms with Gasteiger partial charge in [0.05, 0.1) is 10.6 Å². The summed E-state index contributed by atoms with van der Waals surface area (Å²) >= 11 is 6.17. The number of thiocarbonyl (C=S) groups is 1. The third-order valence-electron chi connectivity index (χ3n) is 3.80. The lowest BCUT2D eigenvalue weighted by molar-refractivity contribution is -0.122. The van der Waals surface area contributed by atoms with Crippen LogP contribution < -0.4 is 5.32 Å². The van der Waals surface area contributed by atoms with Gasteiger partial charge < -0.3 is 10.4 Å². The summed E-state index contributed by atoms with van der Waals surface area (Å²) < 4.78 is 26.9. The van der Waals surface area contributed by atoms with Gasteiger partial charge in [0.15, 0.2) is 0 Å². The average molecular weight is 420 g/mol. The summed E-state index contributed by atoms with van der Waals surface area (Å²) in [5.74, 6) is -2.39. The maximum Gasteiger partial charge on any atom is 0.266 e. The third kappa shape index (κ3) is 4.73. The van der Waals surface area contributed by atoms with Crippen molar-refractivity contribution in [2.75, 3.05) is 11.9 Å². The minimum absolute atomic E-state index is 0.0390. The molecule has 2 aromatic carbocycles. The number of para-hydroxylation sites is 2. The molecular weight excluding hydrogens is 406 g/mol. The minimum atomic E-state index is -0.748. The Morgan fingerprint density at radius 1 is 1.21 bits per heavy atom. The zero-order chi connectivity index (χ0) is 20.3. The number of benzene rings is 2. The number of nitrogens with zero attached hydrogens (tertiary/aromatic N) is 1. The van der Waals surface area contributed by atoms with E-state index in [4.69, 9.17) is 12.2 Å². The van der Waals surface area contributed by atoms with Crippen LogP contribution in [0.25, 0.3) is 6.08 Å². The monoisotopic (exact) mass is 420 g/mol. The summed E-state index contributed by atoms with van der Waals surface area (Å²) in [6, 6.07) is 9.24. The standard InChI is InChI=1S/C19H14F2N2O3S2/c20-12-7-11(8-13(21)10-12)9-16-18(26)23(19(27)28-16)6-5-17(25)22-14-3-1-2-4-15(14)24/h1-4,7-10,24H,5-6H2,(H,22,25)/b16-9+. The summed E-state index contributed by atoms with van der Waals surface area (Å²) in [7, 11) is 0. The van der Waals surface area contributed by atoms with Crippen molar-refractivity contribution in [2.24, 2.45) is 0 Å². The van der Waals surface area contributed by atoms with Crippen molar-refractivity contribution in [2.45, 2.75) is 6.42 Å². The second kappa shape index (κ2) is 8.49. The van der Waals surface area contributed by atoms with Gasteiger partial charge in [0.2, 0.25) is 5.91 Å². The Kier molecular flexibility index (Phi) is 6.05. The van der Waals surface area contributed by atoms with Gasteiger partial charge in [-0.3, -0.25) is 14.5 Å². The topological polar surface area (TPSA) is 69.6 Å². The molecule has 9 heteroatoms. The lowest BCUT2D eigenvalue weighted by Crippen LogP contribution is -2.31. The van der Waals surface area contributed by atoms with Crippen LogP contribution in [-0.2, 0) is 9.59 Å². The van der Waals surface area contributed by atoms with E-state index < -0.39 is 23.4 Å². The zero-order valence-electron chi connectivity index (χ0n) is 14.3. The number of aromatic hydroxyl groups is 1. The molecule has 1 saturated heterocycles. The predicted octanol–water partition coefficient (Wildman–Crippen LogP) is 3.90. The normalized spacial score (nSPS) is 15.4. The van der Waals surface area contributed by atoms with E-state index in [0.29, 0.717) is 0 Å². The van der Waals surface area contributed by atoms with E-state index in [1.807, 2.05) is 0 Å². The highest BCUT2D eigenvalue weighted by Gasteiger charge is 2.32. The molecule has 0 spiro atoms. The largest absolute Gasteiger partial charge is 0.506 e. The van der Waals surface area contributed by atoms with E-state index in [2.05, 4.69) is 5.32 Å². The summed E-state index contributed by atoms with van der Waals surface area (Å²) in [5.41, 5.74) is 0.473. The Morgan fingerprint density at radius 3 is 2.57 bits per heavy atom. The fourth-order valence-corrected chi connectivity index (χ4v) is 3.82. The molecule has 3 rings (SSSR count). The molecule has 0 aliphatic carbocycles. The van der Waals surface area contributed by atoms with Gasteiger partial charge in [-0.1, -0.05) is 36.1 Å². The first-order valence-electron chi connectivity index (χ1n) is 8.13. The van der Waals surface area contributed by atoms with Crippen LogP contribution in [0.15, 0.2) is 47.4 Å². The van der Waals surface area contributed by atoms with Crippen molar-refractivity contribution in [3.8, 4) is 5.75 Å². The van der Waals surface area contributed by atoms with E-state index in [1.165, 1.54) is 17.0 Å². The van der Waals surface area contributed by atoms with Crippen molar-refractivity contribution in [1.82, 2.24) is 4.90 Å². The Hall–Kier alpha value is -2.78. The number of nitrogens with one attached hydrogen (secondary N) is 1. The van der Waals surface area contributed by atoms with Crippen LogP contribution in [0.1, 0.15) is 12.0 Å². The van der Waals surface area contributed by atoms with E-state index in [0.717, 1.165) is 30.0 Å².